The molecule has 0 aliphatic heterocycles. The van der Waals surface area contributed by atoms with Gasteiger partial charge in [-0.05, 0) is 56.3 Å². The first kappa shape index (κ1) is 11.8. The molecule has 0 aromatic rings. The molecule has 2 bridgehead atoms. The largest absolute Gasteiger partial charge is 0.343 e. The Kier molecular flexibility index (Phi) is 3.10. The second kappa shape index (κ2) is 4.46. The molecule has 0 saturated heterocycles. The minimum atomic E-state index is 0.400. The lowest BCUT2D eigenvalue weighted by Crippen LogP contribution is -2.34. The summed E-state index contributed by atoms with van der Waals surface area (Å²) in [5.74, 6) is 4.82. The molecule has 17 heavy (non-hydrogen) atoms. The number of rotatable bonds is 5. The van der Waals surface area contributed by atoms with Gasteiger partial charge in [0.25, 0.3) is 0 Å². The van der Waals surface area contributed by atoms with E-state index in [1.165, 1.54) is 19.3 Å². The number of hydrogen-bond acceptors (Lipinski definition) is 1. The Hall–Kier alpha value is -0.240. The van der Waals surface area contributed by atoms with Crippen molar-refractivity contribution < 1.29 is 4.79 Å². The van der Waals surface area contributed by atoms with Crippen LogP contribution in [0.2, 0.25) is 0 Å². The van der Waals surface area contributed by atoms with Crippen LogP contribution in [-0.2, 0) is 4.79 Å². The molecular formula is C14H22ClNO. The van der Waals surface area contributed by atoms with Gasteiger partial charge in [-0.1, -0.05) is 0 Å². The summed E-state index contributed by atoms with van der Waals surface area (Å²) in [4.78, 5) is 14.5. The summed E-state index contributed by atoms with van der Waals surface area (Å²) in [6, 6.07) is 0. The molecule has 3 heteroatoms. The summed E-state index contributed by atoms with van der Waals surface area (Å²) in [7, 11) is 0. The van der Waals surface area contributed by atoms with Gasteiger partial charge in [0, 0.05) is 24.9 Å². The van der Waals surface area contributed by atoms with E-state index in [4.69, 9.17) is 11.6 Å². The predicted molar refractivity (Wildman–Crippen MR) is 68.9 cm³/mol. The minimum absolute atomic E-state index is 0.400. The van der Waals surface area contributed by atoms with Crippen molar-refractivity contribution in [3.05, 3.63) is 0 Å². The molecule has 1 amide bonds. The Morgan fingerprint density at radius 3 is 2.47 bits per heavy atom. The Morgan fingerprint density at radius 2 is 1.94 bits per heavy atom. The molecule has 0 heterocycles. The molecule has 0 radical (unpaired) electrons. The van der Waals surface area contributed by atoms with Crippen LogP contribution in [0.5, 0.6) is 0 Å². The van der Waals surface area contributed by atoms with Gasteiger partial charge in [0.1, 0.15) is 0 Å². The molecule has 4 atom stereocenters. The van der Waals surface area contributed by atoms with Gasteiger partial charge in [0.2, 0.25) is 5.91 Å². The Balaban J connectivity index is 1.60. The van der Waals surface area contributed by atoms with Crippen LogP contribution in [-0.4, -0.2) is 29.8 Å². The molecular weight excluding hydrogens is 234 g/mol. The highest BCUT2D eigenvalue weighted by Crippen LogP contribution is 2.69. The summed E-state index contributed by atoms with van der Waals surface area (Å²) in [5, 5.41) is 0. The molecule has 3 saturated carbocycles. The number of carbonyl (C=O) groups is 1. The monoisotopic (exact) mass is 255 g/mol. The quantitative estimate of drug-likeness (QED) is 0.692. The average molecular weight is 256 g/mol. The third-order valence-corrected chi connectivity index (χ3v) is 5.54. The van der Waals surface area contributed by atoms with Gasteiger partial charge < -0.3 is 4.90 Å². The van der Waals surface area contributed by atoms with Crippen molar-refractivity contribution in [1.82, 2.24) is 4.90 Å². The zero-order valence-electron chi connectivity index (χ0n) is 10.6. The second-order valence-electron chi connectivity index (χ2n) is 5.97. The molecule has 4 unspecified atom stereocenters. The summed E-state index contributed by atoms with van der Waals surface area (Å²) in [5.41, 5.74) is 0. The van der Waals surface area contributed by atoms with E-state index in [-0.39, 0.29) is 0 Å². The van der Waals surface area contributed by atoms with Crippen LogP contribution in [0.4, 0.5) is 0 Å². The lowest BCUT2D eigenvalue weighted by molar-refractivity contribution is -0.133. The van der Waals surface area contributed by atoms with Gasteiger partial charge in [0.15, 0.2) is 0 Å². The number of hydrogen-bond donors (Lipinski definition) is 0. The van der Waals surface area contributed by atoms with E-state index in [0.29, 0.717) is 17.7 Å². The number of carbonyl (C=O) groups excluding carboxylic acids is 1. The molecule has 0 aromatic heterocycles. The van der Waals surface area contributed by atoms with Crippen molar-refractivity contribution in [2.45, 2.75) is 32.6 Å². The standard InChI is InChI=1S/C14H22ClNO/c1-2-16(7-3-6-15)14(17)13-11-9-4-5-10(8-9)12(11)13/h9-13H,2-8H2,1H3. The zero-order valence-corrected chi connectivity index (χ0v) is 11.3. The number of fused-ring (bicyclic) bond motifs is 5. The van der Waals surface area contributed by atoms with Crippen molar-refractivity contribution in [1.29, 1.82) is 0 Å². The lowest BCUT2D eigenvalue weighted by atomic mass is 10.0. The van der Waals surface area contributed by atoms with Crippen LogP contribution < -0.4 is 0 Å². The van der Waals surface area contributed by atoms with Crippen LogP contribution >= 0.6 is 11.6 Å². The first-order valence-corrected chi connectivity index (χ1v) is 7.66. The first-order valence-electron chi connectivity index (χ1n) is 7.12. The van der Waals surface area contributed by atoms with Crippen molar-refractivity contribution in [3.8, 4) is 0 Å². The summed E-state index contributed by atoms with van der Waals surface area (Å²) in [6.07, 6.45) is 5.13. The van der Waals surface area contributed by atoms with Gasteiger partial charge in [-0.2, -0.15) is 0 Å². The van der Waals surface area contributed by atoms with Crippen molar-refractivity contribution in [2.75, 3.05) is 19.0 Å². The zero-order chi connectivity index (χ0) is 12.0. The fourth-order valence-electron chi connectivity index (χ4n) is 4.54. The Morgan fingerprint density at radius 1 is 1.29 bits per heavy atom. The molecule has 3 aliphatic rings. The predicted octanol–water partition coefficient (Wildman–Crippen LogP) is 2.76. The summed E-state index contributed by atoms with van der Waals surface area (Å²) in [6.45, 7) is 3.78. The normalized spacial score (nSPS) is 41.4. The maximum Gasteiger partial charge on any atom is 0.226 e. The van der Waals surface area contributed by atoms with E-state index >= 15 is 0 Å². The Bertz CT molecular complexity index is 303. The fraction of sp³-hybridized carbons (Fsp3) is 0.929. The highest BCUT2D eigenvalue weighted by Gasteiger charge is 2.67. The number of halogens is 1. The molecule has 0 aromatic carbocycles. The molecule has 3 fully saturated rings. The van der Waals surface area contributed by atoms with Crippen LogP contribution in [0.3, 0.4) is 0 Å². The van der Waals surface area contributed by atoms with E-state index in [2.05, 4.69) is 6.92 Å². The average Bonchev–Trinajstić information content (AvgIpc) is 2.78. The third-order valence-electron chi connectivity index (χ3n) is 5.28. The number of amides is 1. The maximum absolute atomic E-state index is 12.5. The highest BCUT2D eigenvalue weighted by molar-refractivity contribution is 6.17. The van der Waals surface area contributed by atoms with Gasteiger partial charge in [-0.3, -0.25) is 4.79 Å². The molecule has 3 rings (SSSR count). The lowest BCUT2D eigenvalue weighted by Gasteiger charge is -2.22. The first-order chi connectivity index (χ1) is 8.27. The maximum atomic E-state index is 12.5. The minimum Gasteiger partial charge on any atom is -0.343 e. The van der Waals surface area contributed by atoms with E-state index in [9.17, 15) is 4.79 Å². The second-order valence-corrected chi connectivity index (χ2v) is 6.35. The van der Waals surface area contributed by atoms with Crippen LogP contribution in [0.15, 0.2) is 0 Å². The van der Waals surface area contributed by atoms with E-state index in [1.54, 1.807) is 0 Å². The highest BCUT2D eigenvalue weighted by atomic mass is 35.5. The number of nitrogens with zero attached hydrogens (tertiary/aromatic N) is 1. The number of alkyl halides is 1. The van der Waals surface area contributed by atoms with E-state index < -0.39 is 0 Å². The Labute approximate surface area is 109 Å². The third kappa shape index (κ3) is 1.80. The van der Waals surface area contributed by atoms with Crippen molar-refractivity contribution in [2.24, 2.45) is 29.6 Å². The molecule has 3 aliphatic carbocycles. The van der Waals surface area contributed by atoms with Crippen LogP contribution in [0.1, 0.15) is 32.6 Å². The van der Waals surface area contributed by atoms with Crippen molar-refractivity contribution >= 4 is 17.5 Å². The van der Waals surface area contributed by atoms with Crippen LogP contribution in [0.25, 0.3) is 0 Å². The molecule has 0 spiro atoms. The van der Waals surface area contributed by atoms with E-state index in [0.717, 1.165) is 43.2 Å². The van der Waals surface area contributed by atoms with Gasteiger partial charge in [0.05, 0.1) is 0 Å². The van der Waals surface area contributed by atoms with Gasteiger partial charge in [-0.15, -0.1) is 11.6 Å². The summed E-state index contributed by atoms with van der Waals surface area (Å²) < 4.78 is 0. The van der Waals surface area contributed by atoms with Crippen molar-refractivity contribution in [3.63, 3.8) is 0 Å². The molecule has 2 nitrogen and oxygen atoms in total. The van der Waals surface area contributed by atoms with Gasteiger partial charge >= 0.3 is 0 Å². The topological polar surface area (TPSA) is 20.3 Å². The van der Waals surface area contributed by atoms with E-state index in [1.807, 2.05) is 4.90 Å². The molecule has 96 valence electrons. The molecule has 0 N–H and O–H groups in total. The van der Waals surface area contributed by atoms with Gasteiger partial charge in [-0.25, -0.2) is 0 Å². The SMILES string of the molecule is CCN(CCCCl)C(=O)C1C2C3CCC(C3)C12. The smallest absolute Gasteiger partial charge is 0.226 e. The fourth-order valence-corrected chi connectivity index (χ4v) is 4.66. The van der Waals surface area contributed by atoms with Crippen LogP contribution in [0, 0.1) is 29.6 Å². The summed E-state index contributed by atoms with van der Waals surface area (Å²) >= 11 is 5.72.